The number of aromatic carboxylic acids is 1. The number of carbonyl (C=O) groups is 1. The largest absolute Gasteiger partial charge is 0.478 e. The molecule has 0 aliphatic rings. The molecule has 2 rings (SSSR count). The number of nitrogens with zero attached hydrogens (tertiary/aromatic N) is 4. The fourth-order valence-electron chi connectivity index (χ4n) is 1.27. The van der Waals surface area contributed by atoms with Gasteiger partial charge in [-0.3, -0.25) is 10.1 Å². The van der Waals surface area contributed by atoms with Gasteiger partial charge in [0.1, 0.15) is 5.82 Å². The fourth-order valence-corrected chi connectivity index (χ4v) is 2.93. The zero-order valence-electron chi connectivity index (χ0n) is 10.1. The number of pyridine rings is 1. The smallest absolute Gasteiger partial charge is 0.337 e. The van der Waals surface area contributed by atoms with Crippen molar-refractivity contribution < 1.29 is 14.8 Å². The molecule has 0 radical (unpaired) electrons. The molecule has 2 aromatic rings. The van der Waals surface area contributed by atoms with Crippen LogP contribution in [0.15, 0.2) is 21.6 Å². The first-order valence-electron chi connectivity index (χ1n) is 5.39. The Labute approximate surface area is 121 Å². The van der Waals surface area contributed by atoms with Crippen molar-refractivity contribution >= 4 is 35.0 Å². The minimum atomic E-state index is -1.26. The van der Waals surface area contributed by atoms with Gasteiger partial charge in [0.15, 0.2) is 9.37 Å². The predicted octanol–water partition coefficient (Wildman–Crippen LogP) is 2.25. The van der Waals surface area contributed by atoms with Crippen molar-refractivity contribution in [3.8, 4) is 0 Å². The van der Waals surface area contributed by atoms with E-state index < -0.39 is 10.9 Å². The van der Waals surface area contributed by atoms with Crippen LogP contribution in [0.3, 0.4) is 0 Å². The van der Waals surface area contributed by atoms with Crippen LogP contribution in [0.1, 0.15) is 23.1 Å². The Kier molecular flexibility index (Phi) is 4.25. The summed E-state index contributed by atoms with van der Waals surface area (Å²) in [6.45, 7) is 1.90. The van der Waals surface area contributed by atoms with Crippen LogP contribution >= 0.6 is 23.3 Å². The van der Waals surface area contributed by atoms with E-state index in [9.17, 15) is 14.9 Å². The SMILES string of the molecule is CCc1nsc(Sc2ncc(C(=O)O)cc2[N+](=O)[O-])n1. The first kappa shape index (κ1) is 14.3. The number of carboxylic acid groups (broad SMARTS) is 1. The van der Waals surface area contributed by atoms with Crippen LogP contribution in [0.25, 0.3) is 0 Å². The molecule has 104 valence electrons. The molecular weight excluding hydrogens is 304 g/mol. The molecule has 0 aliphatic heterocycles. The van der Waals surface area contributed by atoms with E-state index in [0.29, 0.717) is 16.6 Å². The lowest BCUT2D eigenvalue weighted by Crippen LogP contribution is -2.01. The number of nitro groups is 1. The van der Waals surface area contributed by atoms with Gasteiger partial charge in [0.2, 0.25) is 0 Å². The highest BCUT2D eigenvalue weighted by Crippen LogP contribution is 2.34. The Morgan fingerprint density at radius 1 is 1.60 bits per heavy atom. The van der Waals surface area contributed by atoms with E-state index in [1.54, 1.807) is 0 Å². The number of rotatable bonds is 5. The summed E-state index contributed by atoms with van der Waals surface area (Å²) in [5.74, 6) is -0.608. The molecule has 0 amide bonds. The zero-order chi connectivity index (χ0) is 14.7. The lowest BCUT2D eigenvalue weighted by Gasteiger charge is -2.00. The van der Waals surface area contributed by atoms with Crippen molar-refractivity contribution in [2.75, 3.05) is 0 Å². The molecule has 2 aromatic heterocycles. The molecule has 2 heterocycles. The second-order valence-corrected chi connectivity index (χ2v) is 5.53. The molecule has 0 atom stereocenters. The molecular formula is C10H8N4O4S2. The van der Waals surface area contributed by atoms with Crippen LogP contribution in [0.5, 0.6) is 0 Å². The number of aryl methyl sites for hydroxylation is 1. The normalized spacial score (nSPS) is 10.4. The third-order valence-electron chi connectivity index (χ3n) is 2.23. The lowest BCUT2D eigenvalue weighted by molar-refractivity contribution is -0.388. The lowest BCUT2D eigenvalue weighted by atomic mass is 10.3. The maximum Gasteiger partial charge on any atom is 0.337 e. The maximum atomic E-state index is 11.0. The summed E-state index contributed by atoms with van der Waals surface area (Å²) in [4.78, 5) is 29.1. The molecule has 0 aliphatic carbocycles. The summed E-state index contributed by atoms with van der Waals surface area (Å²) < 4.78 is 4.60. The summed E-state index contributed by atoms with van der Waals surface area (Å²) in [7, 11) is 0. The quantitative estimate of drug-likeness (QED) is 0.659. The number of carboxylic acids is 1. The van der Waals surface area contributed by atoms with E-state index in [-0.39, 0.29) is 16.3 Å². The van der Waals surface area contributed by atoms with Crippen molar-refractivity contribution in [1.29, 1.82) is 0 Å². The number of hydrogen-bond acceptors (Lipinski definition) is 8. The molecule has 0 unspecified atom stereocenters. The van der Waals surface area contributed by atoms with Gasteiger partial charge in [0.05, 0.1) is 10.5 Å². The monoisotopic (exact) mass is 312 g/mol. The van der Waals surface area contributed by atoms with E-state index in [2.05, 4.69) is 14.3 Å². The van der Waals surface area contributed by atoms with Crippen LogP contribution in [-0.4, -0.2) is 30.3 Å². The first-order valence-corrected chi connectivity index (χ1v) is 6.98. The van der Waals surface area contributed by atoms with Crippen LogP contribution in [-0.2, 0) is 6.42 Å². The van der Waals surface area contributed by atoms with Gasteiger partial charge in [-0.1, -0.05) is 6.92 Å². The summed E-state index contributed by atoms with van der Waals surface area (Å²) >= 11 is 2.12. The number of aromatic nitrogens is 3. The Bertz CT molecular complexity index is 673. The molecule has 0 fully saturated rings. The van der Waals surface area contributed by atoms with Crippen molar-refractivity contribution in [3.63, 3.8) is 0 Å². The van der Waals surface area contributed by atoms with E-state index >= 15 is 0 Å². The molecule has 0 saturated heterocycles. The van der Waals surface area contributed by atoms with Crippen molar-refractivity contribution in [2.45, 2.75) is 22.7 Å². The molecule has 0 spiro atoms. The topological polar surface area (TPSA) is 119 Å². The van der Waals surface area contributed by atoms with Gasteiger partial charge in [-0.15, -0.1) is 0 Å². The molecule has 0 bridgehead atoms. The van der Waals surface area contributed by atoms with Crippen molar-refractivity contribution in [3.05, 3.63) is 33.8 Å². The Morgan fingerprint density at radius 2 is 2.35 bits per heavy atom. The van der Waals surface area contributed by atoms with Gasteiger partial charge in [-0.05, 0) is 23.3 Å². The van der Waals surface area contributed by atoms with Crippen LogP contribution in [0.2, 0.25) is 0 Å². The molecule has 8 nitrogen and oxygen atoms in total. The van der Waals surface area contributed by atoms with Gasteiger partial charge in [-0.25, -0.2) is 14.8 Å². The highest BCUT2D eigenvalue weighted by molar-refractivity contribution is 8.01. The van der Waals surface area contributed by atoms with Crippen molar-refractivity contribution in [1.82, 2.24) is 14.3 Å². The second-order valence-electron chi connectivity index (χ2n) is 3.54. The zero-order valence-corrected chi connectivity index (χ0v) is 11.8. The van der Waals surface area contributed by atoms with E-state index in [0.717, 1.165) is 35.6 Å². The fraction of sp³-hybridized carbons (Fsp3) is 0.200. The molecule has 20 heavy (non-hydrogen) atoms. The van der Waals surface area contributed by atoms with Crippen molar-refractivity contribution in [2.24, 2.45) is 0 Å². The number of hydrogen-bond donors (Lipinski definition) is 1. The Hall–Kier alpha value is -2.07. The van der Waals surface area contributed by atoms with Gasteiger partial charge in [0.25, 0.3) is 0 Å². The molecule has 0 saturated carbocycles. The molecule has 0 aromatic carbocycles. The van der Waals surface area contributed by atoms with Crippen LogP contribution in [0.4, 0.5) is 5.69 Å². The minimum Gasteiger partial charge on any atom is -0.478 e. The molecule has 10 heteroatoms. The maximum absolute atomic E-state index is 11.0. The van der Waals surface area contributed by atoms with E-state index in [1.807, 2.05) is 6.92 Å². The van der Waals surface area contributed by atoms with Gasteiger partial charge < -0.3 is 5.11 Å². The molecule has 1 N–H and O–H groups in total. The summed E-state index contributed by atoms with van der Waals surface area (Å²) in [6, 6.07) is 0.986. The highest BCUT2D eigenvalue weighted by atomic mass is 32.2. The first-order chi connectivity index (χ1) is 9.51. The highest BCUT2D eigenvalue weighted by Gasteiger charge is 2.21. The van der Waals surface area contributed by atoms with Crippen LogP contribution < -0.4 is 0 Å². The Balaban J connectivity index is 2.35. The third kappa shape index (κ3) is 3.08. The third-order valence-corrected chi connectivity index (χ3v) is 4.02. The van der Waals surface area contributed by atoms with Gasteiger partial charge >= 0.3 is 11.7 Å². The standard InChI is InChI=1S/C10H8N4O4S2/c1-2-7-12-10(20-13-7)19-8-6(14(17)18)3-5(4-11-8)9(15)16/h3-4H,2H2,1H3,(H,15,16). The summed E-state index contributed by atoms with van der Waals surface area (Å²) in [6.07, 6.45) is 1.75. The van der Waals surface area contributed by atoms with E-state index in [4.69, 9.17) is 5.11 Å². The van der Waals surface area contributed by atoms with Gasteiger partial charge in [-0.2, -0.15) is 4.37 Å². The van der Waals surface area contributed by atoms with Crippen LogP contribution in [0, 0.1) is 10.1 Å². The second kappa shape index (κ2) is 5.92. The average molecular weight is 312 g/mol. The summed E-state index contributed by atoms with van der Waals surface area (Å²) in [5.41, 5.74) is -0.587. The Morgan fingerprint density at radius 3 is 2.90 bits per heavy atom. The predicted molar refractivity (Wildman–Crippen MR) is 71.3 cm³/mol. The summed E-state index contributed by atoms with van der Waals surface area (Å²) in [5, 5.41) is 19.9. The van der Waals surface area contributed by atoms with E-state index in [1.165, 1.54) is 0 Å². The van der Waals surface area contributed by atoms with Gasteiger partial charge in [0, 0.05) is 18.7 Å². The minimum absolute atomic E-state index is 0.0961. The average Bonchev–Trinajstić information content (AvgIpc) is 2.86.